The van der Waals surface area contributed by atoms with Crippen LogP contribution in [0.15, 0.2) is 48.5 Å². The standard InChI is InChI=1S/C20H19ClFN5OS/c21-15-6-4-14(5-7-15)12-18-24-20(29-25-18)27-10-8-26(9-11-27)19(28)23-17-3-1-2-16(22)13-17/h1-7,13H,8-12H2,(H,23,28). The molecule has 0 spiro atoms. The fraction of sp³-hybridized carbons (Fsp3) is 0.250. The predicted molar refractivity (Wildman–Crippen MR) is 113 cm³/mol. The summed E-state index contributed by atoms with van der Waals surface area (Å²) < 4.78 is 17.7. The number of nitrogens with one attached hydrogen (secondary N) is 1. The Balaban J connectivity index is 1.31. The molecule has 2 aromatic carbocycles. The lowest BCUT2D eigenvalue weighted by atomic mass is 10.1. The lowest BCUT2D eigenvalue weighted by molar-refractivity contribution is 0.208. The molecular weight excluding hydrogens is 413 g/mol. The zero-order valence-electron chi connectivity index (χ0n) is 15.5. The highest BCUT2D eigenvalue weighted by atomic mass is 35.5. The van der Waals surface area contributed by atoms with Crippen molar-refractivity contribution in [1.82, 2.24) is 14.3 Å². The minimum Gasteiger partial charge on any atom is -0.343 e. The molecule has 1 aromatic heterocycles. The molecule has 4 rings (SSSR count). The van der Waals surface area contributed by atoms with Crippen molar-refractivity contribution in [1.29, 1.82) is 0 Å². The van der Waals surface area contributed by atoms with E-state index in [2.05, 4.69) is 19.6 Å². The van der Waals surface area contributed by atoms with Gasteiger partial charge in [0, 0.05) is 54.8 Å². The summed E-state index contributed by atoms with van der Waals surface area (Å²) in [4.78, 5) is 20.9. The number of carbonyl (C=O) groups is 1. The minimum atomic E-state index is -0.377. The van der Waals surface area contributed by atoms with Crippen LogP contribution in [0.3, 0.4) is 0 Å². The highest BCUT2D eigenvalue weighted by molar-refractivity contribution is 7.09. The molecule has 1 aliphatic heterocycles. The zero-order chi connectivity index (χ0) is 20.2. The van der Waals surface area contributed by atoms with E-state index < -0.39 is 0 Å². The molecule has 0 bridgehead atoms. The lowest BCUT2D eigenvalue weighted by Crippen LogP contribution is -2.50. The second-order valence-electron chi connectivity index (χ2n) is 6.71. The fourth-order valence-electron chi connectivity index (χ4n) is 3.10. The molecule has 0 aliphatic carbocycles. The maximum atomic E-state index is 13.3. The molecule has 6 nitrogen and oxygen atoms in total. The molecule has 1 saturated heterocycles. The van der Waals surface area contributed by atoms with Crippen LogP contribution >= 0.6 is 23.1 Å². The quantitative estimate of drug-likeness (QED) is 0.670. The highest BCUT2D eigenvalue weighted by Gasteiger charge is 2.23. The van der Waals surface area contributed by atoms with Crippen molar-refractivity contribution in [3.8, 4) is 0 Å². The second kappa shape index (κ2) is 8.75. The van der Waals surface area contributed by atoms with Crippen molar-refractivity contribution in [2.24, 2.45) is 0 Å². The number of aromatic nitrogens is 2. The molecule has 0 saturated carbocycles. The summed E-state index contributed by atoms with van der Waals surface area (Å²) in [6, 6.07) is 13.3. The van der Waals surface area contributed by atoms with E-state index in [0.717, 1.165) is 16.5 Å². The number of hydrogen-bond donors (Lipinski definition) is 1. The summed E-state index contributed by atoms with van der Waals surface area (Å²) >= 11 is 7.29. The van der Waals surface area contributed by atoms with Crippen molar-refractivity contribution in [3.05, 3.63) is 70.8 Å². The molecule has 3 aromatic rings. The summed E-state index contributed by atoms with van der Waals surface area (Å²) in [5.41, 5.74) is 1.56. The maximum Gasteiger partial charge on any atom is 0.321 e. The van der Waals surface area contributed by atoms with Gasteiger partial charge in [-0.3, -0.25) is 0 Å². The first-order valence-electron chi connectivity index (χ1n) is 9.20. The van der Waals surface area contributed by atoms with Crippen LogP contribution < -0.4 is 10.2 Å². The van der Waals surface area contributed by atoms with E-state index in [1.54, 1.807) is 17.0 Å². The summed E-state index contributed by atoms with van der Waals surface area (Å²) in [6.45, 7) is 2.47. The van der Waals surface area contributed by atoms with Gasteiger partial charge in [-0.1, -0.05) is 29.8 Å². The summed E-state index contributed by atoms with van der Waals surface area (Å²) in [6.07, 6.45) is 0.656. The van der Waals surface area contributed by atoms with Gasteiger partial charge in [0.15, 0.2) is 0 Å². The Morgan fingerprint density at radius 3 is 2.62 bits per heavy atom. The SMILES string of the molecule is O=C(Nc1cccc(F)c1)N1CCN(c2nc(Cc3ccc(Cl)cc3)ns2)CC1. The van der Waals surface area contributed by atoms with Crippen LogP contribution in [0.2, 0.25) is 5.02 Å². The van der Waals surface area contributed by atoms with Gasteiger partial charge in [0.25, 0.3) is 0 Å². The van der Waals surface area contributed by atoms with Crippen LogP contribution in [-0.2, 0) is 6.42 Å². The number of urea groups is 1. The van der Waals surface area contributed by atoms with Crippen molar-refractivity contribution in [3.63, 3.8) is 0 Å². The predicted octanol–water partition coefficient (Wildman–Crippen LogP) is 4.28. The van der Waals surface area contributed by atoms with Crippen LogP contribution in [0.1, 0.15) is 11.4 Å². The van der Waals surface area contributed by atoms with E-state index in [4.69, 9.17) is 11.6 Å². The fourth-order valence-corrected chi connectivity index (χ4v) is 3.96. The molecule has 1 fully saturated rings. The van der Waals surface area contributed by atoms with Crippen LogP contribution in [0.5, 0.6) is 0 Å². The molecule has 150 valence electrons. The maximum absolute atomic E-state index is 13.3. The average molecular weight is 432 g/mol. The van der Waals surface area contributed by atoms with Crippen LogP contribution in [0, 0.1) is 5.82 Å². The van der Waals surface area contributed by atoms with E-state index >= 15 is 0 Å². The summed E-state index contributed by atoms with van der Waals surface area (Å²) in [7, 11) is 0. The Hall–Kier alpha value is -2.71. The number of nitrogens with zero attached hydrogens (tertiary/aromatic N) is 4. The van der Waals surface area contributed by atoms with Crippen molar-refractivity contribution >= 4 is 40.0 Å². The Morgan fingerprint density at radius 1 is 1.14 bits per heavy atom. The molecule has 2 heterocycles. The number of hydrogen-bond acceptors (Lipinski definition) is 5. The second-order valence-corrected chi connectivity index (χ2v) is 7.88. The van der Waals surface area contributed by atoms with Gasteiger partial charge < -0.3 is 15.1 Å². The van der Waals surface area contributed by atoms with Crippen molar-refractivity contribution in [2.45, 2.75) is 6.42 Å². The zero-order valence-corrected chi connectivity index (χ0v) is 17.1. The third-order valence-corrected chi connectivity index (χ3v) is 5.71. The molecule has 1 N–H and O–H groups in total. The number of anilines is 2. The first-order chi connectivity index (χ1) is 14.1. The van der Waals surface area contributed by atoms with Gasteiger partial charge in [0.1, 0.15) is 11.6 Å². The largest absolute Gasteiger partial charge is 0.343 e. The average Bonchev–Trinajstić information content (AvgIpc) is 3.18. The number of amides is 2. The summed E-state index contributed by atoms with van der Waals surface area (Å²) in [5, 5.41) is 4.30. The Bertz CT molecular complexity index is 989. The van der Waals surface area contributed by atoms with Crippen LogP contribution in [0.4, 0.5) is 20.0 Å². The molecule has 29 heavy (non-hydrogen) atoms. The van der Waals surface area contributed by atoms with Crippen LogP contribution in [-0.4, -0.2) is 46.5 Å². The Kier molecular flexibility index (Phi) is 5.92. The van der Waals surface area contributed by atoms with E-state index in [9.17, 15) is 9.18 Å². The van der Waals surface area contributed by atoms with Gasteiger partial charge in [0.2, 0.25) is 5.13 Å². The normalized spacial score (nSPS) is 14.1. The summed E-state index contributed by atoms with van der Waals surface area (Å²) in [5.74, 6) is 0.400. The lowest BCUT2D eigenvalue weighted by Gasteiger charge is -2.34. The van der Waals surface area contributed by atoms with Gasteiger partial charge in [0.05, 0.1) is 0 Å². The van der Waals surface area contributed by atoms with Crippen molar-refractivity contribution in [2.75, 3.05) is 36.4 Å². The van der Waals surface area contributed by atoms with E-state index in [-0.39, 0.29) is 11.8 Å². The smallest absolute Gasteiger partial charge is 0.321 e. The Morgan fingerprint density at radius 2 is 1.90 bits per heavy atom. The molecule has 0 unspecified atom stereocenters. The number of carbonyl (C=O) groups excluding carboxylic acids is 1. The highest BCUT2D eigenvalue weighted by Crippen LogP contribution is 2.21. The number of halogens is 2. The number of rotatable bonds is 4. The number of benzene rings is 2. The topological polar surface area (TPSA) is 61.4 Å². The van der Waals surface area contributed by atoms with Crippen molar-refractivity contribution < 1.29 is 9.18 Å². The van der Waals surface area contributed by atoms with Gasteiger partial charge >= 0.3 is 6.03 Å². The minimum absolute atomic E-state index is 0.226. The van der Waals surface area contributed by atoms with Gasteiger partial charge in [-0.05, 0) is 35.9 Å². The molecule has 2 amide bonds. The third-order valence-electron chi connectivity index (χ3n) is 4.65. The molecule has 9 heteroatoms. The molecular formula is C20H19ClFN5OS. The van der Waals surface area contributed by atoms with E-state index in [1.807, 2.05) is 24.3 Å². The Labute approximate surface area is 177 Å². The van der Waals surface area contributed by atoms with Gasteiger partial charge in [-0.15, -0.1) is 0 Å². The third kappa shape index (κ3) is 5.02. The molecule has 0 atom stereocenters. The van der Waals surface area contributed by atoms with Gasteiger partial charge in [-0.2, -0.15) is 4.37 Å². The molecule has 0 radical (unpaired) electrons. The van der Waals surface area contributed by atoms with E-state index in [1.165, 1.54) is 23.7 Å². The monoisotopic (exact) mass is 431 g/mol. The first kappa shape index (κ1) is 19.6. The van der Waals surface area contributed by atoms with Gasteiger partial charge in [-0.25, -0.2) is 14.2 Å². The van der Waals surface area contributed by atoms with E-state index in [0.29, 0.717) is 43.3 Å². The molecule has 1 aliphatic rings. The first-order valence-corrected chi connectivity index (χ1v) is 10.4. The number of piperazine rings is 1. The van der Waals surface area contributed by atoms with Crippen LogP contribution in [0.25, 0.3) is 0 Å².